The average molecular weight is 439 g/mol. The van der Waals surface area contributed by atoms with Crippen LogP contribution >= 0.6 is 11.8 Å². The Balaban J connectivity index is 1.29. The quantitative estimate of drug-likeness (QED) is 0.412. The van der Waals surface area contributed by atoms with Crippen LogP contribution in [0.5, 0.6) is 5.75 Å². The zero-order valence-corrected chi connectivity index (χ0v) is 17.3. The summed E-state index contributed by atoms with van der Waals surface area (Å²) >= 11 is 1.42. The van der Waals surface area contributed by atoms with Crippen molar-refractivity contribution in [3.8, 4) is 28.8 Å². The summed E-state index contributed by atoms with van der Waals surface area (Å²) in [5.41, 5.74) is 1.35. The minimum atomic E-state index is -0.335. The molecule has 0 atom stereocenters. The fourth-order valence-electron chi connectivity index (χ4n) is 2.73. The molecule has 158 valence electrons. The summed E-state index contributed by atoms with van der Waals surface area (Å²) in [4.78, 5) is 16.4. The van der Waals surface area contributed by atoms with Gasteiger partial charge in [-0.25, -0.2) is 4.39 Å². The van der Waals surface area contributed by atoms with Crippen molar-refractivity contribution < 1.29 is 22.9 Å². The van der Waals surface area contributed by atoms with E-state index in [1.807, 2.05) is 0 Å². The number of hydrogen-bond acceptors (Lipinski definition) is 7. The molecule has 2 aromatic carbocycles. The zero-order chi connectivity index (χ0) is 21.6. The predicted octanol–water partition coefficient (Wildman–Crippen LogP) is 5.02. The fraction of sp³-hybridized carbons (Fsp3) is 0.136. The molecule has 2 aromatic heterocycles. The lowest BCUT2D eigenvalue weighted by Gasteiger charge is -2.05. The third-order valence-corrected chi connectivity index (χ3v) is 5.21. The number of hydrogen-bond donors (Lipinski definition) is 1. The number of ether oxygens (including phenoxy) is 1. The molecule has 0 fully saturated rings. The molecule has 0 aliphatic rings. The molecule has 0 unspecified atom stereocenters. The third-order valence-electron chi connectivity index (χ3n) is 4.25. The Morgan fingerprint density at radius 1 is 1.10 bits per heavy atom. The lowest BCUT2D eigenvalue weighted by atomic mass is 10.2. The molecular weight excluding hydrogens is 421 g/mol. The summed E-state index contributed by atoms with van der Waals surface area (Å²) in [6, 6.07) is 16.5. The minimum absolute atomic E-state index is 0.109. The van der Waals surface area contributed by atoms with E-state index in [2.05, 4.69) is 15.5 Å². The number of anilines is 1. The number of carbonyl (C=O) groups is 1. The molecule has 2 heterocycles. The van der Waals surface area contributed by atoms with Crippen molar-refractivity contribution in [1.82, 2.24) is 10.1 Å². The molecule has 0 radical (unpaired) electrons. The molecule has 4 rings (SSSR count). The number of nitrogens with one attached hydrogen (secondary N) is 1. The molecule has 9 heteroatoms. The van der Waals surface area contributed by atoms with Gasteiger partial charge in [0.2, 0.25) is 11.7 Å². The normalized spacial score (nSPS) is 10.8. The monoisotopic (exact) mass is 439 g/mol. The highest BCUT2D eigenvalue weighted by molar-refractivity contribution is 7.99. The number of amides is 1. The van der Waals surface area contributed by atoms with Crippen LogP contribution in [0, 0.1) is 5.82 Å². The Morgan fingerprint density at radius 3 is 2.61 bits per heavy atom. The van der Waals surface area contributed by atoms with Crippen LogP contribution in [0.2, 0.25) is 0 Å². The molecule has 0 bridgehead atoms. The van der Waals surface area contributed by atoms with Gasteiger partial charge >= 0.3 is 0 Å². The highest BCUT2D eigenvalue weighted by Gasteiger charge is 2.15. The highest BCUT2D eigenvalue weighted by Crippen LogP contribution is 2.26. The second-order valence-corrected chi connectivity index (χ2v) is 7.45. The second kappa shape index (κ2) is 9.48. The van der Waals surface area contributed by atoms with Crippen LogP contribution in [0.15, 0.2) is 69.6 Å². The van der Waals surface area contributed by atoms with Crippen molar-refractivity contribution in [3.05, 3.63) is 72.2 Å². The maximum absolute atomic E-state index is 13.1. The van der Waals surface area contributed by atoms with E-state index in [9.17, 15) is 9.18 Å². The number of furan rings is 1. The maximum atomic E-state index is 13.1. The molecule has 1 N–H and O–H groups in total. The van der Waals surface area contributed by atoms with E-state index in [1.165, 1.54) is 23.9 Å². The second-order valence-electron chi connectivity index (χ2n) is 6.47. The van der Waals surface area contributed by atoms with Gasteiger partial charge in [0, 0.05) is 11.3 Å². The number of carbonyl (C=O) groups excluding carboxylic acids is 1. The Hall–Kier alpha value is -3.59. The average Bonchev–Trinajstić information content (AvgIpc) is 3.45. The number of nitrogens with zero attached hydrogens (tertiary/aromatic N) is 2. The van der Waals surface area contributed by atoms with E-state index in [-0.39, 0.29) is 23.4 Å². The van der Waals surface area contributed by atoms with Crippen LogP contribution < -0.4 is 10.1 Å². The van der Waals surface area contributed by atoms with Crippen molar-refractivity contribution in [3.63, 3.8) is 0 Å². The SMILES string of the molecule is COc1ccc(NC(=O)CSCc2ccc(-c3nc(-c4ccc(F)cc4)no3)o2)cc1. The van der Waals surface area contributed by atoms with Crippen LogP contribution in [-0.2, 0) is 10.5 Å². The smallest absolute Gasteiger partial charge is 0.293 e. The van der Waals surface area contributed by atoms with Crippen LogP contribution in [0.4, 0.5) is 10.1 Å². The van der Waals surface area contributed by atoms with E-state index in [0.29, 0.717) is 34.3 Å². The lowest BCUT2D eigenvalue weighted by molar-refractivity contribution is -0.113. The largest absolute Gasteiger partial charge is 0.497 e. The van der Waals surface area contributed by atoms with Gasteiger partial charge in [-0.2, -0.15) is 4.98 Å². The molecule has 7 nitrogen and oxygen atoms in total. The van der Waals surface area contributed by atoms with Gasteiger partial charge in [0.15, 0.2) is 5.76 Å². The van der Waals surface area contributed by atoms with E-state index >= 15 is 0 Å². The Labute approximate surface area is 181 Å². The molecule has 0 saturated heterocycles. The van der Waals surface area contributed by atoms with Gasteiger partial charge in [0.1, 0.15) is 17.3 Å². The van der Waals surface area contributed by atoms with Gasteiger partial charge in [0.05, 0.1) is 18.6 Å². The molecule has 0 aliphatic heterocycles. The van der Waals surface area contributed by atoms with Gasteiger partial charge in [-0.15, -0.1) is 11.8 Å². The van der Waals surface area contributed by atoms with Crippen LogP contribution in [0.1, 0.15) is 5.76 Å². The lowest BCUT2D eigenvalue weighted by Crippen LogP contribution is -2.14. The first-order chi connectivity index (χ1) is 15.1. The first-order valence-corrected chi connectivity index (χ1v) is 10.5. The van der Waals surface area contributed by atoms with E-state index in [1.54, 1.807) is 55.6 Å². The Morgan fingerprint density at radius 2 is 1.87 bits per heavy atom. The number of thioether (sulfide) groups is 1. The van der Waals surface area contributed by atoms with Gasteiger partial charge in [-0.05, 0) is 60.7 Å². The van der Waals surface area contributed by atoms with Crippen LogP contribution in [0.3, 0.4) is 0 Å². The van der Waals surface area contributed by atoms with E-state index < -0.39 is 0 Å². The van der Waals surface area contributed by atoms with Gasteiger partial charge in [-0.1, -0.05) is 5.16 Å². The number of rotatable bonds is 8. The summed E-state index contributed by atoms with van der Waals surface area (Å²) in [5.74, 6) is 2.75. The Kier molecular flexibility index (Phi) is 6.32. The van der Waals surface area contributed by atoms with Crippen molar-refractivity contribution in [1.29, 1.82) is 0 Å². The number of halogens is 1. The summed E-state index contributed by atoms with van der Waals surface area (Å²) in [6.45, 7) is 0. The molecular formula is C22H18FN3O4S. The van der Waals surface area contributed by atoms with Crippen molar-refractivity contribution >= 4 is 23.4 Å². The first kappa shape index (κ1) is 20.7. The Bertz CT molecular complexity index is 1160. The molecule has 1 amide bonds. The van der Waals surface area contributed by atoms with Crippen molar-refractivity contribution in [2.45, 2.75) is 5.75 Å². The molecule has 0 aliphatic carbocycles. The van der Waals surface area contributed by atoms with E-state index in [0.717, 1.165) is 5.75 Å². The summed E-state index contributed by atoms with van der Waals surface area (Å²) < 4.78 is 29.1. The minimum Gasteiger partial charge on any atom is -0.497 e. The molecule has 0 saturated carbocycles. The molecule has 4 aromatic rings. The van der Waals surface area contributed by atoms with Crippen LogP contribution in [-0.4, -0.2) is 28.9 Å². The summed E-state index contributed by atoms with van der Waals surface area (Å²) in [5, 5.41) is 6.73. The molecule has 31 heavy (non-hydrogen) atoms. The topological polar surface area (TPSA) is 90.4 Å². The van der Waals surface area contributed by atoms with Crippen molar-refractivity contribution in [2.75, 3.05) is 18.2 Å². The zero-order valence-electron chi connectivity index (χ0n) is 16.5. The van der Waals surface area contributed by atoms with Gasteiger partial charge in [0.25, 0.3) is 5.89 Å². The number of benzene rings is 2. The van der Waals surface area contributed by atoms with Crippen LogP contribution in [0.25, 0.3) is 23.0 Å². The van der Waals surface area contributed by atoms with Gasteiger partial charge < -0.3 is 19.0 Å². The maximum Gasteiger partial charge on any atom is 0.293 e. The van der Waals surface area contributed by atoms with Gasteiger partial charge in [-0.3, -0.25) is 4.79 Å². The first-order valence-electron chi connectivity index (χ1n) is 9.31. The summed E-state index contributed by atoms with van der Waals surface area (Å²) in [7, 11) is 1.59. The van der Waals surface area contributed by atoms with Crippen molar-refractivity contribution in [2.24, 2.45) is 0 Å². The number of aromatic nitrogens is 2. The summed E-state index contributed by atoms with van der Waals surface area (Å²) in [6.07, 6.45) is 0. The standard InChI is InChI=1S/C22H18FN3O4S/c1-28-17-8-6-16(7-9-17)24-20(27)13-31-12-18-10-11-19(29-18)22-25-21(26-30-22)14-2-4-15(23)5-3-14/h2-11H,12-13H2,1H3,(H,24,27). The molecule has 0 spiro atoms. The van der Waals surface area contributed by atoms with E-state index in [4.69, 9.17) is 13.7 Å². The number of methoxy groups -OCH3 is 1. The highest BCUT2D eigenvalue weighted by atomic mass is 32.2. The fourth-order valence-corrected chi connectivity index (χ4v) is 3.44. The third kappa shape index (κ3) is 5.32. The predicted molar refractivity (Wildman–Crippen MR) is 115 cm³/mol.